The van der Waals surface area contributed by atoms with E-state index < -0.39 is 5.97 Å². The molecule has 3 N–H and O–H groups in total. The van der Waals surface area contributed by atoms with Gasteiger partial charge in [0.15, 0.2) is 0 Å². The highest BCUT2D eigenvalue weighted by Gasteiger charge is 2.34. The van der Waals surface area contributed by atoms with Crippen LogP contribution in [-0.4, -0.2) is 26.7 Å². The minimum Gasteiger partial charge on any atom is -0.508 e. The number of hydrogen-bond donors (Lipinski definition) is 3. The predicted molar refractivity (Wildman–Crippen MR) is 95.9 cm³/mol. The summed E-state index contributed by atoms with van der Waals surface area (Å²) in [5.41, 5.74) is 2.61. The number of para-hydroxylation sites is 1. The summed E-state index contributed by atoms with van der Waals surface area (Å²) < 4.78 is 1.80. The van der Waals surface area contributed by atoms with Crippen LogP contribution in [-0.2, 0) is 4.79 Å². The van der Waals surface area contributed by atoms with Gasteiger partial charge in [0, 0.05) is 24.2 Å². The van der Waals surface area contributed by atoms with Crippen LogP contribution in [0.15, 0.2) is 60.8 Å². The molecule has 1 unspecified atom stereocenters. The Morgan fingerprint density at radius 3 is 2.58 bits per heavy atom. The van der Waals surface area contributed by atoms with Crippen molar-refractivity contribution in [1.82, 2.24) is 4.57 Å². The Bertz CT molecular complexity index is 1010. The fraction of sp³-hybridized carbons (Fsp3) is 0.100. The van der Waals surface area contributed by atoms with Crippen molar-refractivity contribution < 1.29 is 19.8 Å². The van der Waals surface area contributed by atoms with Gasteiger partial charge in [0.05, 0.1) is 11.4 Å². The highest BCUT2D eigenvalue weighted by molar-refractivity contribution is 6.04. The first-order chi connectivity index (χ1) is 12.5. The number of nitrogens with zero attached hydrogens (tertiary/aromatic N) is 1. The Morgan fingerprint density at radius 2 is 1.88 bits per heavy atom. The molecule has 0 aliphatic carbocycles. The van der Waals surface area contributed by atoms with Crippen LogP contribution < -0.4 is 5.32 Å². The fourth-order valence-corrected chi connectivity index (χ4v) is 3.45. The molecule has 0 saturated heterocycles. The molecule has 1 aromatic heterocycles. The highest BCUT2D eigenvalue weighted by atomic mass is 16.4. The summed E-state index contributed by atoms with van der Waals surface area (Å²) in [5.74, 6) is -1.61. The van der Waals surface area contributed by atoms with Crippen molar-refractivity contribution in [2.75, 3.05) is 5.32 Å². The molecule has 0 radical (unpaired) electrons. The molecule has 0 bridgehead atoms. The van der Waals surface area contributed by atoms with Crippen molar-refractivity contribution in [3.05, 3.63) is 77.6 Å². The van der Waals surface area contributed by atoms with Gasteiger partial charge in [-0.3, -0.25) is 4.79 Å². The number of aromatic nitrogens is 1. The second-order valence-electron chi connectivity index (χ2n) is 6.21. The number of hydrogen-bond acceptors (Lipinski definition) is 3. The number of anilines is 1. The maximum atomic E-state index is 12.2. The average Bonchev–Trinajstić information content (AvgIpc) is 3.01. The molecule has 2 aromatic carbocycles. The van der Waals surface area contributed by atoms with Crippen LogP contribution in [0.2, 0.25) is 0 Å². The van der Waals surface area contributed by atoms with E-state index in [1.54, 1.807) is 22.8 Å². The summed E-state index contributed by atoms with van der Waals surface area (Å²) in [6, 6.07) is 16.1. The standard InChI is InChI=1S/C20H16N2O4/c23-14-8-4-5-12(9-14)15-10-17(24)21-18-16(20(25)26)11-22(19(15)18)13-6-2-1-3-7-13/h1-9,11,15,23H,10H2,(H,21,24)(H,25,26). The molecule has 6 nitrogen and oxygen atoms in total. The molecule has 1 atom stereocenters. The molecule has 6 heteroatoms. The van der Waals surface area contributed by atoms with E-state index in [0.29, 0.717) is 11.4 Å². The molecule has 4 rings (SSSR count). The Kier molecular flexibility index (Phi) is 3.73. The number of aromatic carboxylic acids is 1. The number of carbonyl (C=O) groups excluding carboxylic acids is 1. The molecular formula is C20H16N2O4. The van der Waals surface area contributed by atoms with Gasteiger partial charge in [0.2, 0.25) is 5.91 Å². The van der Waals surface area contributed by atoms with Gasteiger partial charge in [-0.1, -0.05) is 30.3 Å². The lowest BCUT2D eigenvalue weighted by Crippen LogP contribution is -2.25. The minimum absolute atomic E-state index is 0.0436. The number of amides is 1. The van der Waals surface area contributed by atoms with Crippen LogP contribution in [0.4, 0.5) is 5.69 Å². The van der Waals surface area contributed by atoms with E-state index in [9.17, 15) is 19.8 Å². The number of carbonyl (C=O) groups is 2. The molecule has 0 spiro atoms. The first kappa shape index (κ1) is 16.0. The lowest BCUT2D eigenvalue weighted by atomic mass is 9.88. The number of carboxylic acids is 1. The molecule has 2 heterocycles. The lowest BCUT2D eigenvalue weighted by molar-refractivity contribution is -0.116. The second kappa shape index (κ2) is 6.07. The van der Waals surface area contributed by atoms with Crippen molar-refractivity contribution >= 4 is 17.6 Å². The van der Waals surface area contributed by atoms with Gasteiger partial charge >= 0.3 is 5.97 Å². The predicted octanol–water partition coefficient (Wildman–Crippen LogP) is 3.36. The molecule has 1 aliphatic heterocycles. The van der Waals surface area contributed by atoms with Crippen LogP contribution >= 0.6 is 0 Å². The van der Waals surface area contributed by atoms with Gasteiger partial charge in [-0.25, -0.2) is 4.79 Å². The molecule has 3 aromatic rings. The van der Waals surface area contributed by atoms with Crippen LogP contribution in [0, 0.1) is 0 Å². The van der Waals surface area contributed by atoms with Crippen LogP contribution in [0.1, 0.15) is 34.0 Å². The van der Waals surface area contributed by atoms with E-state index in [4.69, 9.17) is 0 Å². The van der Waals surface area contributed by atoms with E-state index in [1.165, 1.54) is 6.20 Å². The summed E-state index contributed by atoms with van der Waals surface area (Å²) in [4.78, 5) is 24.0. The van der Waals surface area contributed by atoms with Gasteiger partial charge in [-0.2, -0.15) is 0 Å². The van der Waals surface area contributed by atoms with Gasteiger partial charge in [-0.15, -0.1) is 0 Å². The molecule has 0 fully saturated rings. The largest absolute Gasteiger partial charge is 0.508 e. The Morgan fingerprint density at radius 1 is 1.12 bits per heavy atom. The van der Waals surface area contributed by atoms with Crippen LogP contribution in [0.25, 0.3) is 5.69 Å². The van der Waals surface area contributed by atoms with E-state index in [1.807, 2.05) is 36.4 Å². The summed E-state index contributed by atoms with van der Waals surface area (Å²) in [6.07, 6.45) is 1.70. The topological polar surface area (TPSA) is 91.6 Å². The third kappa shape index (κ3) is 2.61. The van der Waals surface area contributed by atoms with E-state index in [-0.39, 0.29) is 29.6 Å². The molecule has 26 heavy (non-hydrogen) atoms. The summed E-state index contributed by atoms with van der Waals surface area (Å²) in [5, 5.41) is 22.1. The highest BCUT2D eigenvalue weighted by Crippen LogP contribution is 2.42. The average molecular weight is 348 g/mol. The zero-order valence-electron chi connectivity index (χ0n) is 13.7. The smallest absolute Gasteiger partial charge is 0.339 e. The monoisotopic (exact) mass is 348 g/mol. The third-order valence-electron chi connectivity index (χ3n) is 4.56. The molecule has 130 valence electrons. The second-order valence-corrected chi connectivity index (χ2v) is 6.21. The molecule has 0 saturated carbocycles. The SMILES string of the molecule is O=C1CC(c2cccc(O)c2)c2c(c(C(=O)O)cn2-c2ccccc2)N1. The first-order valence-corrected chi connectivity index (χ1v) is 8.17. The third-order valence-corrected chi connectivity index (χ3v) is 4.56. The van der Waals surface area contributed by atoms with Gasteiger partial charge < -0.3 is 20.1 Å². The Labute approximate surface area is 149 Å². The normalized spacial score (nSPS) is 16.0. The van der Waals surface area contributed by atoms with Crippen LogP contribution in [0.3, 0.4) is 0 Å². The molecular weight excluding hydrogens is 332 g/mol. The number of aromatic hydroxyl groups is 1. The lowest BCUT2D eigenvalue weighted by Gasteiger charge is -2.26. The van der Waals surface area contributed by atoms with Crippen molar-refractivity contribution in [2.24, 2.45) is 0 Å². The van der Waals surface area contributed by atoms with Crippen molar-refractivity contribution in [1.29, 1.82) is 0 Å². The van der Waals surface area contributed by atoms with Crippen LogP contribution in [0.5, 0.6) is 5.75 Å². The zero-order chi connectivity index (χ0) is 18.3. The number of benzene rings is 2. The first-order valence-electron chi connectivity index (χ1n) is 8.17. The van der Waals surface area contributed by atoms with Gasteiger partial charge in [-0.05, 0) is 29.8 Å². The maximum Gasteiger partial charge on any atom is 0.339 e. The molecule has 1 amide bonds. The van der Waals surface area contributed by atoms with Gasteiger partial charge in [0.1, 0.15) is 11.3 Å². The minimum atomic E-state index is -1.10. The Hall–Kier alpha value is -3.54. The number of carboxylic acid groups (broad SMARTS) is 1. The van der Waals surface area contributed by atoms with Gasteiger partial charge in [0.25, 0.3) is 0 Å². The number of phenolic OH excluding ortho intramolecular Hbond substituents is 1. The number of nitrogens with one attached hydrogen (secondary N) is 1. The summed E-state index contributed by atoms with van der Waals surface area (Å²) in [6.45, 7) is 0. The molecule has 1 aliphatic rings. The van der Waals surface area contributed by atoms with Crippen molar-refractivity contribution in [3.8, 4) is 11.4 Å². The van der Waals surface area contributed by atoms with E-state index in [2.05, 4.69) is 5.32 Å². The number of rotatable bonds is 3. The summed E-state index contributed by atoms with van der Waals surface area (Å²) in [7, 11) is 0. The maximum absolute atomic E-state index is 12.2. The van der Waals surface area contributed by atoms with Crippen molar-refractivity contribution in [2.45, 2.75) is 12.3 Å². The zero-order valence-corrected chi connectivity index (χ0v) is 13.7. The number of fused-ring (bicyclic) bond motifs is 1. The van der Waals surface area contributed by atoms with E-state index >= 15 is 0 Å². The fourth-order valence-electron chi connectivity index (χ4n) is 3.45. The van der Waals surface area contributed by atoms with Crippen molar-refractivity contribution in [3.63, 3.8) is 0 Å². The van der Waals surface area contributed by atoms with E-state index in [0.717, 1.165) is 11.3 Å². The summed E-state index contributed by atoms with van der Waals surface area (Å²) >= 11 is 0. The quantitative estimate of drug-likeness (QED) is 0.677. The number of phenols is 1. The Balaban J connectivity index is 1.98.